The lowest BCUT2D eigenvalue weighted by Gasteiger charge is -2.27. The van der Waals surface area contributed by atoms with Crippen LogP contribution in [-0.4, -0.2) is 6.61 Å². The van der Waals surface area contributed by atoms with Crippen LogP contribution in [0, 0.1) is 5.92 Å². The number of hydrogen-bond donors (Lipinski definition) is 0. The van der Waals surface area contributed by atoms with Gasteiger partial charge in [0.05, 0.1) is 12.0 Å². The largest absolute Gasteiger partial charge is 0.493 e. The second-order valence-electron chi connectivity index (χ2n) is 4.97. The molecule has 1 aromatic rings. The van der Waals surface area contributed by atoms with E-state index in [-0.39, 0.29) is 5.38 Å². The predicted molar refractivity (Wildman–Crippen MR) is 66.2 cm³/mol. The highest BCUT2D eigenvalue weighted by molar-refractivity contribution is 6.20. The van der Waals surface area contributed by atoms with Gasteiger partial charge in [0.15, 0.2) is 0 Å². The lowest BCUT2D eigenvalue weighted by molar-refractivity contribution is 0.293. The maximum Gasteiger partial charge on any atom is 0.122 e. The van der Waals surface area contributed by atoms with E-state index in [4.69, 9.17) is 16.3 Å². The highest BCUT2D eigenvalue weighted by atomic mass is 35.5. The first-order valence-corrected chi connectivity index (χ1v) is 6.66. The van der Waals surface area contributed by atoms with Gasteiger partial charge < -0.3 is 4.74 Å². The molecule has 1 atom stereocenters. The van der Waals surface area contributed by atoms with Crippen LogP contribution in [0.3, 0.4) is 0 Å². The molecule has 0 saturated heterocycles. The van der Waals surface area contributed by atoms with Gasteiger partial charge in [0.1, 0.15) is 5.75 Å². The Kier molecular flexibility index (Phi) is 2.81. The summed E-state index contributed by atoms with van der Waals surface area (Å²) in [5, 5.41) is 0.191. The van der Waals surface area contributed by atoms with Crippen molar-refractivity contribution in [1.29, 1.82) is 0 Å². The van der Waals surface area contributed by atoms with Gasteiger partial charge in [-0.15, -0.1) is 11.6 Å². The lowest BCUT2D eigenvalue weighted by Crippen LogP contribution is -2.12. The zero-order valence-corrected chi connectivity index (χ0v) is 10.2. The number of fused-ring (bicyclic) bond motifs is 1. The topological polar surface area (TPSA) is 9.23 Å². The minimum absolute atomic E-state index is 0.191. The monoisotopic (exact) mass is 236 g/mol. The summed E-state index contributed by atoms with van der Waals surface area (Å²) in [6.45, 7) is 0.828. The molecule has 1 aliphatic carbocycles. The van der Waals surface area contributed by atoms with Crippen LogP contribution < -0.4 is 4.74 Å². The summed E-state index contributed by atoms with van der Waals surface area (Å²) in [5.41, 5.74) is 2.61. The Hall–Kier alpha value is -0.690. The lowest BCUT2D eigenvalue weighted by atomic mass is 9.81. The first kappa shape index (κ1) is 10.5. The molecule has 1 fully saturated rings. The number of halogens is 1. The van der Waals surface area contributed by atoms with E-state index in [1.807, 2.05) is 0 Å². The van der Waals surface area contributed by atoms with Gasteiger partial charge in [-0.2, -0.15) is 0 Å². The van der Waals surface area contributed by atoms with Crippen molar-refractivity contribution in [3.8, 4) is 5.75 Å². The van der Waals surface area contributed by atoms with Crippen LogP contribution >= 0.6 is 11.6 Å². The molecule has 0 aromatic heterocycles. The van der Waals surface area contributed by atoms with Crippen LogP contribution in [0.4, 0.5) is 0 Å². The summed E-state index contributed by atoms with van der Waals surface area (Å²) in [7, 11) is 0. The van der Waals surface area contributed by atoms with Gasteiger partial charge in [-0.25, -0.2) is 0 Å². The minimum atomic E-state index is 0.191. The number of rotatable bonds is 3. The number of alkyl halides is 1. The highest BCUT2D eigenvalue weighted by Crippen LogP contribution is 2.39. The van der Waals surface area contributed by atoms with Crippen molar-refractivity contribution < 1.29 is 4.74 Å². The number of benzene rings is 1. The van der Waals surface area contributed by atoms with Crippen molar-refractivity contribution in [2.75, 3.05) is 6.61 Å². The molecule has 1 aromatic carbocycles. The summed E-state index contributed by atoms with van der Waals surface area (Å²) in [5.74, 6) is 1.92. The second-order valence-corrected chi connectivity index (χ2v) is 5.49. The molecule has 0 radical (unpaired) electrons. The zero-order valence-electron chi connectivity index (χ0n) is 9.42. The van der Waals surface area contributed by atoms with Crippen LogP contribution in [0.25, 0.3) is 0 Å². The Labute approximate surface area is 102 Å². The van der Waals surface area contributed by atoms with E-state index in [1.54, 1.807) is 0 Å². The SMILES string of the molecule is ClC(CC1CCC1)c1ccc2c(c1)CCO2. The predicted octanol–water partition coefficient (Wildman–Crippen LogP) is 4.09. The first-order chi connectivity index (χ1) is 7.83. The molecule has 1 aliphatic heterocycles. The molecule has 2 aliphatic rings. The molecule has 1 nitrogen and oxygen atoms in total. The molecule has 1 saturated carbocycles. The van der Waals surface area contributed by atoms with Gasteiger partial charge >= 0.3 is 0 Å². The third kappa shape index (κ3) is 1.93. The highest BCUT2D eigenvalue weighted by Gasteiger charge is 2.22. The molecule has 86 valence electrons. The normalized spacial score (nSPS) is 21.1. The average molecular weight is 237 g/mol. The molecule has 0 amide bonds. The third-order valence-corrected chi connectivity index (χ3v) is 4.27. The van der Waals surface area contributed by atoms with E-state index in [0.717, 1.165) is 31.1 Å². The quantitative estimate of drug-likeness (QED) is 0.719. The number of ether oxygens (including phenoxy) is 1. The Morgan fingerprint density at radius 2 is 2.25 bits per heavy atom. The Morgan fingerprint density at radius 1 is 1.38 bits per heavy atom. The van der Waals surface area contributed by atoms with Gasteiger partial charge in [0.25, 0.3) is 0 Å². The van der Waals surface area contributed by atoms with Crippen LogP contribution in [-0.2, 0) is 6.42 Å². The van der Waals surface area contributed by atoms with Crippen LogP contribution in [0.5, 0.6) is 5.75 Å². The van der Waals surface area contributed by atoms with Crippen LogP contribution in [0.2, 0.25) is 0 Å². The molecule has 0 spiro atoms. The van der Waals surface area contributed by atoms with E-state index in [9.17, 15) is 0 Å². The summed E-state index contributed by atoms with van der Waals surface area (Å²) >= 11 is 6.47. The Bertz CT molecular complexity index is 384. The fraction of sp³-hybridized carbons (Fsp3) is 0.571. The Morgan fingerprint density at radius 3 is 3.00 bits per heavy atom. The van der Waals surface area contributed by atoms with Crippen LogP contribution in [0.15, 0.2) is 18.2 Å². The maximum atomic E-state index is 6.47. The molecule has 0 N–H and O–H groups in total. The van der Waals surface area contributed by atoms with Crippen LogP contribution in [0.1, 0.15) is 42.2 Å². The molecular weight excluding hydrogens is 220 g/mol. The van der Waals surface area contributed by atoms with Crippen molar-refractivity contribution >= 4 is 11.6 Å². The smallest absolute Gasteiger partial charge is 0.122 e. The summed E-state index contributed by atoms with van der Waals surface area (Å²) in [4.78, 5) is 0. The van der Waals surface area contributed by atoms with Gasteiger partial charge in [0, 0.05) is 6.42 Å². The van der Waals surface area contributed by atoms with Gasteiger partial charge in [0.2, 0.25) is 0 Å². The minimum Gasteiger partial charge on any atom is -0.493 e. The Balaban J connectivity index is 1.72. The van der Waals surface area contributed by atoms with Crippen molar-refractivity contribution in [2.24, 2.45) is 5.92 Å². The van der Waals surface area contributed by atoms with Gasteiger partial charge in [-0.05, 0) is 29.5 Å². The summed E-state index contributed by atoms with van der Waals surface area (Å²) in [6.07, 6.45) is 6.32. The standard InChI is InChI=1S/C14H17ClO/c15-13(8-10-2-1-3-10)11-4-5-14-12(9-11)6-7-16-14/h4-5,9-10,13H,1-3,6-8H2. The zero-order chi connectivity index (χ0) is 11.0. The number of hydrogen-bond acceptors (Lipinski definition) is 1. The first-order valence-electron chi connectivity index (χ1n) is 6.22. The van der Waals surface area contributed by atoms with Gasteiger partial charge in [-0.1, -0.05) is 31.4 Å². The van der Waals surface area contributed by atoms with E-state index < -0.39 is 0 Å². The maximum absolute atomic E-state index is 6.47. The van der Waals surface area contributed by atoms with E-state index in [1.165, 1.54) is 30.4 Å². The molecule has 2 heteroatoms. The van der Waals surface area contributed by atoms with E-state index in [2.05, 4.69) is 18.2 Å². The summed E-state index contributed by atoms with van der Waals surface area (Å²) in [6, 6.07) is 6.44. The van der Waals surface area contributed by atoms with E-state index in [0.29, 0.717) is 0 Å². The fourth-order valence-corrected chi connectivity index (χ4v) is 2.95. The van der Waals surface area contributed by atoms with Crippen molar-refractivity contribution in [2.45, 2.75) is 37.5 Å². The van der Waals surface area contributed by atoms with Crippen molar-refractivity contribution in [1.82, 2.24) is 0 Å². The second kappa shape index (κ2) is 4.29. The van der Waals surface area contributed by atoms with Crippen molar-refractivity contribution in [3.63, 3.8) is 0 Å². The van der Waals surface area contributed by atoms with Crippen molar-refractivity contribution in [3.05, 3.63) is 29.3 Å². The molecule has 1 heterocycles. The van der Waals surface area contributed by atoms with E-state index >= 15 is 0 Å². The third-order valence-electron chi connectivity index (χ3n) is 3.84. The molecule has 1 unspecified atom stereocenters. The fourth-order valence-electron chi connectivity index (χ4n) is 2.56. The molecule has 16 heavy (non-hydrogen) atoms. The average Bonchev–Trinajstić information content (AvgIpc) is 2.69. The summed E-state index contributed by atoms with van der Waals surface area (Å²) < 4.78 is 5.50. The van der Waals surface area contributed by atoms with Gasteiger partial charge in [-0.3, -0.25) is 0 Å². The molecule has 0 bridgehead atoms. The molecular formula is C14H17ClO. The molecule has 3 rings (SSSR count).